The van der Waals surface area contributed by atoms with Crippen LogP contribution in [0.4, 0.5) is 0 Å². The molecule has 0 radical (unpaired) electrons. The zero-order valence-electron chi connectivity index (χ0n) is 11.3. The van der Waals surface area contributed by atoms with Crippen LogP contribution < -0.4 is 5.32 Å². The molecule has 0 bridgehead atoms. The van der Waals surface area contributed by atoms with E-state index in [-0.39, 0.29) is 0 Å². The Morgan fingerprint density at radius 2 is 2.35 bits per heavy atom. The maximum absolute atomic E-state index is 4.30. The van der Waals surface area contributed by atoms with Crippen molar-refractivity contribution in [2.75, 3.05) is 6.54 Å². The van der Waals surface area contributed by atoms with Crippen molar-refractivity contribution in [1.82, 2.24) is 10.3 Å². The summed E-state index contributed by atoms with van der Waals surface area (Å²) in [6.45, 7) is 7.97. The van der Waals surface area contributed by atoms with Crippen LogP contribution in [0.2, 0.25) is 0 Å². The van der Waals surface area contributed by atoms with Gasteiger partial charge < -0.3 is 5.32 Å². The lowest BCUT2D eigenvalue weighted by atomic mass is 9.79. The fourth-order valence-corrected chi connectivity index (χ4v) is 3.10. The Morgan fingerprint density at radius 3 is 3.06 bits per heavy atom. The number of hydrogen-bond acceptors (Lipinski definition) is 2. The van der Waals surface area contributed by atoms with Crippen molar-refractivity contribution in [3.05, 3.63) is 29.6 Å². The number of hydrogen-bond donors (Lipinski definition) is 1. The van der Waals surface area contributed by atoms with Gasteiger partial charge >= 0.3 is 0 Å². The Balaban J connectivity index is 2.09. The topological polar surface area (TPSA) is 24.9 Å². The third-order valence-corrected chi connectivity index (χ3v) is 4.11. The summed E-state index contributed by atoms with van der Waals surface area (Å²) in [6, 6.07) is 2.83. The summed E-state index contributed by atoms with van der Waals surface area (Å²) in [5.41, 5.74) is 3.16. The zero-order chi connectivity index (χ0) is 12.3. The summed E-state index contributed by atoms with van der Waals surface area (Å²) < 4.78 is 0. The van der Waals surface area contributed by atoms with Crippen LogP contribution in [0.1, 0.15) is 50.7 Å². The summed E-state index contributed by atoms with van der Waals surface area (Å²) in [7, 11) is 0. The second-order valence-corrected chi connectivity index (χ2v) is 5.65. The first-order valence-corrected chi connectivity index (χ1v) is 6.80. The van der Waals surface area contributed by atoms with Gasteiger partial charge in [0.2, 0.25) is 0 Å². The van der Waals surface area contributed by atoms with Crippen molar-refractivity contribution in [2.24, 2.45) is 0 Å². The predicted octanol–water partition coefficient (Wildman–Crippen LogP) is 3.20. The second-order valence-electron chi connectivity index (χ2n) is 5.65. The monoisotopic (exact) mass is 232 g/mol. The van der Waals surface area contributed by atoms with Crippen LogP contribution in [-0.2, 0) is 5.41 Å². The number of aromatic nitrogens is 1. The molecule has 1 aliphatic rings. The van der Waals surface area contributed by atoms with E-state index in [1.807, 2.05) is 6.20 Å². The molecule has 1 aliphatic carbocycles. The van der Waals surface area contributed by atoms with Crippen molar-refractivity contribution >= 4 is 0 Å². The molecule has 2 atom stereocenters. The van der Waals surface area contributed by atoms with Gasteiger partial charge in [0.25, 0.3) is 0 Å². The molecule has 0 saturated heterocycles. The van der Waals surface area contributed by atoms with E-state index < -0.39 is 0 Å². The van der Waals surface area contributed by atoms with Crippen molar-refractivity contribution in [3.8, 4) is 0 Å². The molecule has 2 rings (SSSR count). The van der Waals surface area contributed by atoms with E-state index in [4.69, 9.17) is 0 Å². The van der Waals surface area contributed by atoms with Crippen LogP contribution in [0.25, 0.3) is 0 Å². The molecule has 1 fully saturated rings. The first-order valence-electron chi connectivity index (χ1n) is 6.80. The maximum Gasteiger partial charge on any atom is 0.0308 e. The smallest absolute Gasteiger partial charge is 0.0308 e. The average Bonchev–Trinajstić information content (AvgIpc) is 2.70. The number of nitrogens with one attached hydrogen (secondary N) is 1. The molecule has 0 amide bonds. The van der Waals surface area contributed by atoms with Gasteiger partial charge in [-0.2, -0.15) is 0 Å². The predicted molar refractivity (Wildman–Crippen MR) is 72.3 cm³/mol. The maximum atomic E-state index is 4.30. The second kappa shape index (κ2) is 5.18. The molecule has 17 heavy (non-hydrogen) atoms. The van der Waals surface area contributed by atoms with Gasteiger partial charge in [0.1, 0.15) is 0 Å². The Hall–Kier alpha value is -0.890. The van der Waals surface area contributed by atoms with Crippen LogP contribution in [0.3, 0.4) is 0 Å². The van der Waals surface area contributed by atoms with Gasteiger partial charge in [-0.25, -0.2) is 0 Å². The SMILES string of the molecule is CCCNC1CCC(C)(c2cnccc2C)C1. The number of aryl methyl sites for hydroxylation is 1. The largest absolute Gasteiger partial charge is 0.314 e. The third-order valence-electron chi connectivity index (χ3n) is 4.11. The number of pyridine rings is 1. The van der Waals surface area contributed by atoms with E-state index in [1.54, 1.807) is 0 Å². The minimum Gasteiger partial charge on any atom is -0.314 e. The summed E-state index contributed by atoms with van der Waals surface area (Å²) in [5, 5.41) is 3.66. The van der Waals surface area contributed by atoms with Gasteiger partial charge in [-0.1, -0.05) is 13.8 Å². The Labute approximate surface area is 105 Å². The van der Waals surface area contributed by atoms with Crippen LogP contribution in [-0.4, -0.2) is 17.6 Å². The van der Waals surface area contributed by atoms with Gasteiger partial charge in [0.05, 0.1) is 0 Å². The summed E-state index contributed by atoms with van der Waals surface area (Å²) >= 11 is 0. The molecule has 0 aromatic carbocycles. The molecular formula is C15H24N2. The van der Waals surface area contributed by atoms with Crippen molar-refractivity contribution < 1.29 is 0 Å². The Kier molecular flexibility index (Phi) is 3.82. The minimum atomic E-state index is 0.323. The molecular weight excluding hydrogens is 208 g/mol. The Morgan fingerprint density at radius 1 is 1.53 bits per heavy atom. The van der Waals surface area contributed by atoms with Crippen LogP contribution in [0.5, 0.6) is 0 Å². The van der Waals surface area contributed by atoms with Crippen LogP contribution in [0.15, 0.2) is 18.5 Å². The molecule has 1 aromatic rings. The van der Waals surface area contributed by atoms with E-state index in [2.05, 4.69) is 43.3 Å². The summed E-state index contributed by atoms with van der Waals surface area (Å²) in [6.07, 6.45) is 9.01. The van der Waals surface area contributed by atoms with Gasteiger partial charge in [-0.05, 0) is 61.8 Å². The molecule has 2 nitrogen and oxygen atoms in total. The lowest BCUT2D eigenvalue weighted by molar-refractivity contribution is 0.450. The molecule has 2 heteroatoms. The zero-order valence-corrected chi connectivity index (χ0v) is 11.3. The first-order chi connectivity index (χ1) is 8.15. The molecule has 0 spiro atoms. The highest BCUT2D eigenvalue weighted by atomic mass is 14.9. The number of nitrogens with zero attached hydrogens (tertiary/aromatic N) is 1. The normalized spacial score (nSPS) is 28.5. The van der Waals surface area contributed by atoms with Crippen molar-refractivity contribution in [1.29, 1.82) is 0 Å². The van der Waals surface area contributed by atoms with Gasteiger partial charge in [-0.15, -0.1) is 0 Å². The highest BCUT2D eigenvalue weighted by Gasteiger charge is 2.37. The molecule has 94 valence electrons. The molecule has 1 N–H and O–H groups in total. The quantitative estimate of drug-likeness (QED) is 0.862. The van der Waals surface area contributed by atoms with Crippen LogP contribution >= 0.6 is 0 Å². The van der Waals surface area contributed by atoms with E-state index in [0.717, 1.165) is 6.54 Å². The van der Waals surface area contributed by atoms with Crippen molar-refractivity contribution in [3.63, 3.8) is 0 Å². The lowest BCUT2D eigenvalue weighted by Crippen LogP contribution is -2.29. The molecule has 1 heterocycles. The molecule has 2 unspecified atom stereocenters. The highest BCUT2D eigenvalue weighted by Crippen LogP contribution is 2.41. The van der Waals surface area contributed by atoms with Crippen molar-refractivity contribution in [2.45, 2.75) is 57.9 Å². The van der Waals surface area contributed by atoms with E-state index >= 15 is 0 Å². The lowest BCUT2D eigenvalue weighted by Gasteiger charge is -2.26. The van der Waals surface area contributed by atoms with E-state index in [9.17, 15) is 0 Å². The minimum absolute atomic E-state index is 0.323. The first kappa shape index (κ1) is 12.6. The summed E-state index contributed by atoms with van der Waals surface area (Å²) in [4.78, 5) is 4.30. The van der Waals surface area contributed by atoms with Crippen LogP contribution in [0, 0.1) is 6.92 Å². The molecule has 1 aromatic heterocycles. The number of rotatable bonds is 4. The van der Waals surface area contributed by atoms with E-state index in [1.165, 1.54) is 36.8 Å². The average molecular weight is 232 g/mol. The molecule has 1 saturated carbocycles. The Bertz CT molecular complexity index is 375. The molecule has 0 aliphatic heterocycles. The third kappa shape index (κ3) is 2.68. The standard InChI is InChI=1S/C15H24N2/c1-4-8-17-13-5-7-15(3,10-13)14-11-16-9-6-12(14)2/h6,9,11,13,17H,4-5,7-8,10H2,1-3H3. The summed E-state index contributed by atoms with van der Waals surface area (Å²) in [5.74, 6) is 0. The van der Waals surface area contributed by atoms with Gasteiger partial charge in [0.15, 0.2) is 0 Å². The highest BCUT2D eigenvalue weighted by molar-refractivity contribution is 5.31. The van der Waals surface area contributed by atoms with E-state index in [0.29, 0.717) is 11.5 Å². The fraction of sp³-hybridized carbons (Fsp3) is 0.667. The van der Waals surface area contributed by atoms with Gasteiger partial charge in [-0.3, -0.25) is 4.98 Å². The fourth-order valence-electron chi connectivity index (χ4n) is 3.10. The van der Waals surface area contributed by atoms with Gasteiger partial charge in [0, 0.05) is 18.4 Å².